The highest BCUT2D eigenvalue weighted by Gasteiger charge is 2.30. The van der Waals surface area contributed by atoms with Crippen LogP contribution in [0.3, 0.4) is 0 Å². The van der Waals surface area contributed by atoms with Crippen molar-refractivity contribution in [1.29, 1.82) is 0 Å². The van der Waals surface area contributed by atoms with Crippen LogP contribution in [-0.2, 0) is 4.79 Å². The number of benzene rings is 3. The quantitative estimate of drug-likeness (QED) is 0.624. The first-order chi connectivity index (χ1) is 12.2. The van der Waals surface area contributed by atoms with Gasteiger partial charge in [0.2, 0.25) is 5.91 Å². The number of fused-ring (bicyclic) bond motifs is 1. The van der Waals surface area contributed by atoms with Crippen molar-refractivity contribution >= 4 is 38.3 Å². The molecule has 3 aromatic carbocycles. The number of hydrogen-bond donors (Lipinski definition) is 3. The van der Waals surface area contributed by atoms with Crippen LogP contribution in [0.1, 0.15) is 18.0 Å². The van der Waals surface area contributed by atoms with Gasteiger partial charge >= 0.3 is 0 Å². The summed E-state index contributed by atoms with van der Waals surface area (Å²) in [5.41, 5.74) is 8.41. The van der Waals surface area contributed by atoms with Crippen LogP contribution < -0.4 is 16.2 Å². The van der Waals surface area contributed by atoms with E-state index in [1.807, 2.05) is 36.4 Å². The fourth-order valence-corrected chi connectivity index (χ4v) is 3.51. The Kier molecular flexibility index (Phi) is 4.53. The molecular weight excluding hydrogens is 378 g/mol. The van der Waals surface area contributed by atoms with E-state index in [0.29, 0.717) is 6.42 Å². The molecule has 25 heavy (non-hydrogen) atoms. The summed E-state index contributed by atoms with van der Waals surface area (Å²) in [7, 11) is 0. The molecule has 1 heterocycles. The summed E-state index contributed by atoms with van der Waals surface area (Å²) < 4.78 is 0.988. The molecule has 126 valence electrons. The molecule has 1 aliphatic heterocycles. The van der Waals surface area contributed by atoms with Crippen LogP contribution in [0.5, 0.6) is 0 Å². The maximum atomic E-state index is 12.5. The lowest BCUT2D eigenvalue weighted by atomic mass is 9.96. The molecule has 0 saturated carbocycles. The highest BCUT2D eigenvalue weighted by Crippen LogP contribution is 2.29. The standard InChI is InChI=1S/C20H18BrN3O/c21-14-8-10-15(11-9-14)22-20(25)19-12-18(23-24-19)17-7-3-5-13-4-1-2-6-16(13)17/h1-11,18-19,23-24H,12H2,(H,22,25). The van der Waals surface area contributed by atoms with Crippen LogP contribution in [0.25, 0.3) is 10.8 Å². The van der Waals surface area contributed by atoms with Crippen molar-refractivity contribution in [3.05, 3.63) is 76.8 Å². The smallest absolute Gasteiger partial charge is 0.242 e. The van der Waals surface area contributed by atoms with Crippen molar-refractivity contribution in [3.63, 3.8) is 0 Å². The zero-order valence-electron chi connectivity index (χ0n) is 13.5. The molecule has 3 N–H and O–H groups in total. The van der Waals surface area contributed by atoms with Gasteiger partial charge in [-0.3, -0.25) is 4.79 Å². The van der Waals surface area contributed by atoms with E-state index in [-0.39, 0.29) is 18.0 Å². The van der Waals surface area contributed by atoms with Gasteiger partial charge < -0.3 is 5.32 Å². The third-order valence-corrected chi connectivity index (χ3v) is 5.06. The maximum absolute atomic E-state index is 12.5. The van der Waals surface area contributed by atoms with Crippen molar-refractivity contribution in [2.75, 3.05) is 5.32 Å². The third-order valence-electron chi connectivity index (χ3n) is 4.53. The summed E-state index contributed by atoms with van der Waals surface area (Å²) in [6.45, 7) is 0. The number of halogens is 1. The molecule has 0 aliphatic carbocycles. The number of amides is 1. The molecule has 1 aliphatic rings. The van der Waals surface area contributed by atoms with Crippen molar-refractivity contribution in [2.45, 2.75) is 18.5 Å². The van der Waals surface area contributed by atoms with Gasteiger partial charge in [-0.25, -0.2) is 10.9 Å². The van der Waals surface area contributed by atoms with Crippen molar-refractivity contribution in [1.82, 2.24) is 10.9 Å². The van der Waals surface area contributed by atoms with E-state index in [2.05, 4.69) is 62.4 Å². The zero-order valence-corrected chi connectivity index (χ0v) is 15.1. The number of hydrogen-bond acceptors (Lipinski definition) is 3. The predicted molar refractivity (Wildman–Crippen MR) is 104 cm³/mol. The molecule has 0 aromatic heterocycles. The minimum Gasteiger partial charge on any atom is -0.325 e. The predicted octanol–water partition coefficient (Wildman–Crippen LogP) is 4.15. The number of rotatable bonds is 3. The molecule has 0 spiro atoms. The molecule has 2 atom stereocenters. The average Bonchev–Trinajstić information content (AvgIpc) is 3.13. The monoisotopic (exact) mass is 395 g/mol. The van der Waals surface area contributed by atoms with Crippen molar-refractivity contribution < 1.29 is 4.79 Å². The summed E-state index contributed by atoms with van der Waals surface area (Å²) in [5.74, 6) is -0.0300. The first-order valence-electron chi connectivity index (χ1n) is 8.26. The average molecular weight is 396 g/mol. The van der Waals surface area contributed by atoms with Gasteiger partial charge in [0.05, 0.1) is 0 Å². The SMILES string of the molecule is O=C(Nc1ccc(Br)cc1)C1CC(c2cccc3ccccc23)NN1. The molecule has 4 rings (SSSR count). The highest BCUT2D eigenvalue weighted by atomic mass is 79.9. The van der Waals surface area contributed by atoms with Gasteiger partial charge in [0.15, 0.2) is 0 Å². The van der Waals surface area contributed by atoms with Crippen LogP contribution >= 0.6 is 15.9 Å². The van der Waals surface area contributed by atoms with Gasteiger partial charge in [0, 0.05) is 16.2 Å². The minimum atomic E-state index is -0.271. The largest absolute Gasteiger partial charge is 0.325 e. The van der Waals surface area contributed by atoms with Crippen LogP contribution in [0, 0.1) is 0 Å². The summed E-state index contributed by atoms with van der Waals surface area (Å²) >= 11 is 3.40. The van der Waals surface area contributed by atoms with Crippen LogP contribution in [-0.4, -0.2) is 11.9 Å². The summed E-state index contributed by atoms with van der Waals surface area (Å²) in [6.07, 6.45) is 0.705. The van der Waals surface area contributed by atoms with E-state index in [9.17, 15) is 4.79 Å². The molecule has 0 radical (unpaired) electrons. The van der Waals surface area contributed by atoms with Gasteiger partial charge in [0.25, 0.3) is 0 Å². The molecule has 1 saturated heterocycles. The Labute approximate surface area is 154 Å². The molecule has 1 fully saturated rings. The molecule has 1 amide bonds. The number of hydrazine groups is 1. The fourth-order valence-electron chi connectivity index (χ4n) is 3.25. The van der Waals surface area contributed by atoms with Gasteiger partial charge in [0.1, 0.15) is 6.04 Å². The minimum absolute atomic E-state index is 0.0300. The Morgan fingerprint density at radius 2 is 1.72 bits per heavy atom. The Morgan fingerprint density at radius 3 is 2.56 bits per heavy atom. The number of carbonyl (C=O) groups excluding carboxylic acids is 1. The highest BCUT2D eigenvalue weighted by molar-refractivity contribution is 9.10. The molecule has 0 bridgehead atoms. The molecule has 3 aromatic rings. The Bertz CT molecular complexity index is 905. The first kappa shape index (κ1) is 16.3. The van der Waals surface area contributed by atoms with E-state index in [1.54, 1.807) is 0 Å². The molecule has 4 nitrogen and oxygen atoms in total. The van der Waals surface area contributed by atoms with E-state index in [0.717, 1.165) is 10.2 Å². The Morgan fingerprint density at radius 1 is 0.960 bits per heavy atom. The molecular formula is C20H18BrN3O. The summed E-state index contributed by atoms with van der Waals surface area (Å²) in [4.78, 5) is 12.5. The van der Waals surface area contributed by atoms with Crippen LogP contribution in [0.15, 0.2) is 71.2 Å². The Balaban J connectivity index is 1.49. The number of anilines is 1. The lowest BCUT2D eigenvalue weighted by Gasteiger charge is -2.13. The molecule has 2 unspecified atom stereocenters. The van der Waals surface area contributed by atoms with E-state index < -0.39 is 0 Å². The lowest BCUT2D eigenvalue weighted by molar-refractivity contribution is -0.117. The number of carbonyl (C=O) groups is 1. The second kappa shape index (κ2) is 6.96. The van der Waals surface area contributed by atoms with Crippen LogP contribution in [0.4, 0.5) is 5.69 Å². The van der Waals surface area contributed by atoms with Gasteiger partial charge in [-0.1, -0.05) is 58.4 Å². The van der Waals surface area contributed by atoms with Crippen LogP contribution in [0.2, 0.25) is 0 Å². The first-order valence-corrected chi connectivity index (χ1v) is 9.05. The lowest BCUT2D eigenvalue weighted by Crippen LogP contribution is -2.39. The van der Waals surface area contributed by atoms with E-state index in [4.69, 9.17) is 0 Å². The zero-order chi connectivity index (χ0) is 17.2. The van der Waals surface area contributed by atoms with Gasteiger partial charge in [-0.2, -0.15) is 0 Å². The second-order valence-electron chi connectivity index (χ2n) is 6.19. The summed E-state index contributed by atoms with van der Waals surface area (Å²) in [5, 5.41) is 5.39. The summed E-state index contributed by atoms with van der Waals surface area (Å²) in [6, 6.07) is 22.0. The number of nitrogens with one attached hydrogen (secondary N) is 3. The Hall–Kier alpha value is -2.21. The fraction of sp³-hybridized carbons (Fsp3) is 0.150. The third kappa shape index (κ3) is 3.44. The van der Waals surface area contributed by atoms with Crippen molar-refractivity contribution in [2.24, 2.45) is 0 Å². The topological polar surface area (TPSA) is 53.2 Å². The van der Waals surface area contributed by atoms with Gasteiger partial charge in [-0.05, 0) is 47.0 Å². The second-order valence-corrected chi connectivity index (χ2v) is 7.11. The van der Waals surface area contributed by atoms with Crippen molar-refractivity contribution in [3.8, 4) is 0 Å². The van der Waals surface area contributed by atoms with E-state index in [1.165, 1.54) is 16.3 Å². The van der Waals surface area contributed by atoms with E-state index >= 15 is 0 Å². The molecule has 5 heteroatoms. The van der Waals surface area contributed by atoms with Gasteiger partial charge in [-0.15, -0.1) is 0 Å². The maximum Gasteiger partial charge on any atom is 0.242 e. The normalized spacial score (nSPS) is 19.9.